The molecule has 2 fully saturated rings. The summed E-state index contributed by atoms with van der Waals surface area (Å²) in [7, 11) is 2.16. The summed E-state index contributed by atoms with van der Waals surface area (Å²) in [5.74, 6) is 0. The standard InChI is InChI=1S/C9H16N2OS/c1-11(8-5-12-6-8)4-7-2-9(13)3-10-7/h7-8,10H,2-6H2,1H3. The van der Waals surface area contributed by atoms with Gasteiger partial charge in [-0.25, -0.2) is 0 Å². The van der Waals surface area contributed by atoms with Crippen molar-refractivity contribution in [1.29, 1.82) is 0 Å². The van der Waals surface area contributed by atoms with E-state index in [2.05, 4.69) is 17.3 Å². The number of ether oxygens (including phenoxy) is 1. The van der Waals surface area contributed by atoms with Gasteiger partial charge in [0.15, 0.2) is 0 Å². The number of thiocarbonyl (C=S) groups is 1. The van der Waals surface area contributed by atoms with Crippen molar-refractivity contribution in [3.8, 4) is 0 Å². The first kappa shape index (κ1) is 9.52. The van der Waals surface area contributed by atoms with Gasteiger partial charge in [-0.15, -0.1) is 0 Å². The lowest BCUT2D eigenvalue weighted by molar-refractivity contribution is -0.0575. The zero-order valence-corrected chi connectivity index (χ0v) is 8.77. The largest absolute Gasteiger partial charge is 0.378 e. The highest BCUT2D eigenvalue weighted by molar-refractivity contribution is 7.80. The highest BCUT2D eigenvalue weighted by Gasteiger charge is 2.27. The van der Waals surface area contributed by atoms with Crippen LogP contribution in [0.25, 0.3) is 0 Å². The van der Waals surface area contributed by atoms with Crippen LogP contribution in [-0.4, -0.2) is 55.2 Å². The minimum absolute atomic E-state index is 0.568. The van der Waals surface area contributed by atoms with E-state index in [4.69, 9.17) is 17.0 Å². The molecule has 0 bridgehead atoms. The molecule has 0 radical (unpaired) electrons. The van der Waals surface area contributed by atoms with E-state index in [1.807, 2.05) is 0 Å². The van der Waals surface area contributed by atoms with Gasteiger partial charge in [0.05, 0.1) is 19.3 Å². The molecule has 2 aliphatic heterocycles. The molecule has 0 amide bonds. The second kappa shape index (κ2) is 4.00. The SMILES string of the molecule is CN(CC1CC(=S)CN1)C1COC1. The van der Waals surface area contributed by atoms with Crippen LogP contribution in [0.2, 0.25) is 0 Å². The maximum absolute atomic E-state index is 5.15. The molecular weight excluding hydrogens is 184 g/mol. The molecule has 2 aliphatic rings. The smallest absolute Gasteiger partial charge is 0.0645 e. The molecule has 1 unspecified atom stereocenters. The Labute approximate surface area is 84.4 Å². The first-order valence-electron chi connectivity index (χ1n) is 4.79. The third-order valence-electron chi connectivity index (χ3n) is 2.81. The summed E-state index contributed by atoms with van der Waals surface area (Å²) in [4.78, 5) is 3.54. The second-order valence-corrected chi connectivity index (χ2v) is 4.53. The lowest BCUT2D eigenvalue weighted by Gasteiger charge is -2.35. The summed E-state index contributed by atoms with van der Waals surface area (Å²) in [6.45, 7) is 3.81. The summed E-state index contributed by atoms with van der Waals surface area (Å²) in [5.41, 5.74) is 0. The van der Waals surface area contributed by atoms with Crippen LogP contribution in [0.3, 0.4) is 0 Å². The highest BCUT2D eigenvalue weighted by Crippen LogP contribution is 2.11. The number of likely N-dealkylation sites (N-methyl/N-ethyl adjacent to an activating group) is 1. The maximum Gasteiger partial charge on any atom is 0.0645 e. The Morgan fingerprint density at radius 3 is 2.85 bits per heavy atom. The summed E-state index contributed by atoms with van der Waals surface area (Å²) in [6, 6.07) is 1.20. The Bertz CT molecular complexity index is 206. The molecule has 13 heavy (non-hydrogen) atoms. The molecule has 3 nitrogen and oxygen atoms in total. The van der Waals surface area contributed by atoms with Crippen molar-refractivity contribution in [2.45, 2.75) is 18.5 Å². The van der Waals surface area contributed by atoms with Gasteiger partial charge >= 0.3 is 0 Å². The van der Waals surface area contributed by atoms with Gasteiger partial charge in [-0.2, -0.15) is 0 Å². The summed E-state index contributed by atoms with van der Waals surface area (Å²) in [5, 5.41) is 3.42. The van der Waals surface area contributed by atoms with Crippen molar-refractivity contribution in [2.75, 3.05) is 33.4 Å². The molecule has 0 aromatic heterocycles. The van der Waals surface area contributed by atoms with Gasteiger partial charge < -0.3 is 10.1 Å². The number of hydrogen-bond donors (Lipinski definition) is 1. The Hall–Kier alpha value is -0.0300. The van der Waals surface area contributed by atoms with Crippen LogP contribution in [0.4, 0.5) is 0 Å². The van der Waals surface area contributed by atoms with Crippen molar-refractivity contribution in [1.82, 2.24) is 10.2 Å². The monoisotopic (exact) mass is 200 g/mol. The van der Waals surface area contributed by atoms with Crippen LogP contribution in [0, 0.1) is 0 Å². The number of rotatable bonds is 3. The van der Waals surface area contributed by atoms with E-state index >= 15 is 0 Å². The Morgan fingerprint density at radius 2 is 2.38 bits per heavy atom. The third-order valence-corrected chi connectivity index (χ3v) is 3.13. The van der Waals surface area contributed by atoms with Crippen molar-refractivity contribution >= 4 is 17.1 Å². The van der Waals surface area contributed by atoms with E-state index in [-0.39, 0.29) is 0 Å². The van der Waals surface area contributed by atoms with Gasteiger partial charge in [0, 0.05) is 24.0 Å². The Balaban J connectivity index is 1.73. The molecule has 1 atom stereocenters. The fraction of sp³-hybridized carbons (Fsp3) is 0.889. The van der Waals surface area contributed by atoms with Crippen LogP contribution in [0.1, 0.15) is 6.42 Å². The molecule has 4 heteroatoms. The molecule has 0 aromatic rings. The van der Waals surface area contributed by atoms with E-state index in [0.29, 0.717) is 12.1 Å². The number of nitrogens with one attached hydrogen (secondary N) is 1. The predicted octanol–water partition coefficient (Wildman–Crippen LogP) is 0.0488. The van der Waals surface area contributed by atoms with E-state index in [1.165, 1.54) is 4.86 Å². The van der Waals surface area contributed by atoms with E-state index in [0.717, 1.165) is 32.7 Å². The van der Waals surface area contributed by atoms with Crippen LogP contribution >= 0.6 is 12.2 Å². The first-order chi connectivity index (χ1) is 6.25. The molecule has 1 N–H and O–H groups in total. The number of hydrogen-bond acceptors (Lipinski definition) is 4. The number of nitrogens with zero attached hydrogens (tertiary/aromatic N) is 1. The first-order valence-corrected chi connectivity index (χ1v) is 5.19. The van der Waals surface area contributed by atoms with Gasteiger partial charge in [-0.3, -0.25) is 4.90 Å². The predicted molar refractivity (Wildman–Crippen MR) is 56.2 cm³/mol. The Kier molecular flexibility index (Phi) is 2.93. The highest BCUT2D eigenvalue weighted by atomic mass is 32.1. The minimum atomic E-state index is 0.568. The average Bonchev–Trinajstić information content (AvgIpc) is 2.31. The molecule has 2 saturated heterocycles. The van der Waals surface area contributed by atoms with Crippen molar-refractivity contribution < 1.29 is 4.74 Å². The van der Waals surface area contributed by atoms with E-state index < -0.39 is 0 Å². The van der Waals surface area contributed by atoms with Crippen LogP contribution < -0.4 is 5.32 Å². The fourth-order valence-corrected chi connectivity index (χ4v) is 2.07. The molecule has 2 heterocycles. The zero-order valence-electron chi connectivity index (χ0n) is 7.95. The summed E-state index contributed by atoms with van der Waals surface area (Å²) in [6.07, 6.45) is 1.06. The quantitative estimate of drug-likeness (QED) is 0.651. The van der Waals surface area contributed by atoms with Crippen LogP contribution in [0.5, 0.6) is 0 Å². The Morgan fingerprint density at radius 1 is 1.62 bits per heavy atom. The molecule has 0 aromatic carbocycles. The lowest BCUT2D eigenvalue weighted by Crippen LogP contribution is -2.50. The molecule has 0 saturated carbocycles. The third kappa shape index (κ3) is 2.26. The molecule has 0 spiro atoms. The summed E-state index contributed by atoms with van der Waals surface area (Å²) < 4.78 is 5.15. The van der Waals surface area contributed by atoms with Crippen molar-refractivity contribution in [3.63, 3.8) is 0 Å². The topological polar surface area (TPSA) is 24.5 Å². The molecule has 2 rings (SSSR count). The van der Waals surface area contributed by atoms with Gasteiger partial charge in [0.2, 0.25) is 0 Å². The van der Waals surface area contributed by atoms with Crippen molar-refractivity contribution in [3.05, 3.63) is 0 Å². The van der Waals surface area contributed by atoms with E-state index in [1.54, 1.807) is 0 Å². The van der Waals surface area contributed by atoms with Gasteiger partial charge in [0.25, 0.3) is 0 Å². The normalized spacial score (nSPS) is 29.7. The van der Waals surface area contributed by atoms with Gasteiger partial charge in [0.1, 0.15) is 0 Å². The average molecular weight is 200 g/mol. The lowest BCUT2D eigenvalue weighted by atomic mass is 10.1. The summed E-state index contributed by atoms with van der Waals surface area (Å²) >= 11 is 5.15. The van der Waals surface area contributed by atoms with E-state index in [9.17, 15) is 0 Å². The molecule has 0 aliphatic carbocycles. The van der Waals surface area contributed by atoms with Crippen LogP contribution in [-0.2, 0) is 4.74 Å². The zero-order chi connectivity index (χ0) is 9.26. The van der Waals surface area contributed by atoms with Gasteiger partial charge in [-0.05, 0) is 13.5 Å². The molecule has 74 valence electrons. The fourth-order valence-electron chi connectivity index (χ4n) is 1.78. The van der Waals surface area contributed by atoms with Crippen molar-refractivity contribution in [2.24, 2.45) is 0 Å². The molecular formula is C9H16N2OS. The second-order valence-electron chi connectivity index (χ2n) is 3.95. The van der Waals surface area contributed by atoms with Gasteiger partial charge in [-0.1, -0.05) is 12.2 Å². The van der Waals surface area contributed by atoms with Crippen LogP contribution in [0.15, 0.2) is 0 Å². The minimum Gasteiger partial charge on any atom is -0.378 e. The maximum atomic E-state index is 5.15.